The van der Waals surface area contributed by atoms with Crippen molar-refractivity contribution in [3.8, 4) is 6.07 Å². The average Bonchev–Trinajstić information content (AvgIpc) is 2.75. The van der Waals surface area contributed by atoms with Crippen LogP contribution in [0.4, 0.5) is 0 Å². The van der Waals surface area contributed by atoms with Gasteiger partial charge in [-0.1, -0.05) is 27.7 Å². The first-order valence-corrected chi connectivity index (χ1v) is 5.79. The summed E-state index contributed by atoms with van der Waals surface area (Å²) in [7, 11) is 0. The number of nitriles is 1. The number of aryl methyl sites for hydroxylation is 1. The van der Waals surface area contributed by atoms with Crippen LogP contribution >= 0.6 is 0 Å². The number of hydrogen-bond donors (Lipinski definition) is 1. The maximum absolute atomic E-state index is 8.67. The van der Waals surface area contributed by atoms with Gasteiger partial charge in [-0.2, -0.15) is 5.26 Å². The molecule has 86 valence electrons. The Morgan fingerprint density at radius 2 is 1.75 bits per heavy atom. The molecule has 2 rings (SSSR count). The molecule has 0 aliphatic carbocycles. The van der Waals surface area contributed by atoms with E-state index < -0.39 is 0 Å². The highest BCUT2D eigenvalue weighted by Gasteiger charge is 1.99. The van der Waals surface area contributed by atoms with E-state index in [1.54, 1.807) is 0 Å². The summed E-state index contributed by atoms with van der Waals surface area (Å²) in [6.07, 6.45) is 1.95. The predicted octanol–water partition coefficient (Wildman–Crippen LogP) is 4.40. The summed E-state index contributed by atoms with van der Waals surface area (Å²) in [5.41, 5.74) is 2.99. The van der Waals surface area contributed by atoms with Crippen molar-refractivity contribution in [2.24, 2.45) is 0 Å². The summed E-state index contributed by atoms with van der Waals surface area (Å²) in [4.78, 5) is 3.13. The predicted molar refractivity (Wildman–Crippen MR) is 70.4 cm³/mol. The van der Waals surface area contributed by atoms with E-state index in [-0.39, 0.29) is 0 Å². The first-order valence-electron chi connectivity index (χ1n) is 5.79. The Labute approximate surface area is 97.9 Å². The van der Waals surface area contributed by atoms with Crippen molar-refractivity contribution in [3.05, 3.63) is 35.5 Å². The molecule has 0 bridgehead atoms. The monoisotopic (exact) mass is 216 g/mol. The Balaban J connectivity index is 0.000000509. The molecule has 1 N–H and O–H groups in total. The van der Waals surface area contributed by atoms with Gasteiger partial charge in [0.25, 0.3) is 0 Å². The zero-order valence-electron chi connectivity index (χ0n) is 10.8. The van der Waals surface area contributed by atoms with Crippen LogP contribution in [0.5, 0.6) is 0 Å². The number of nitrogens with one attached hydrogen (secondary N) is 1. The number of H-pyrrole nitrogens is 1. The highest BCUT2D eigenvalue weighted by atomic mass is 14.7. The molecular weight excluding hydrogens is 196 g/mol. The highest BCUT2D eigenvalue weighted by molar-refractivity contribution is 5.84. The molecule has 1 aromatic carbocycles. The van der Waals surface area contributed by atoms with E-state index in [9.17, 15) is 0 Å². The minimum Gasteiger partial charge on any atom is -0.361 e. The Morgan fingerprint density at radius 1 is 1.12 bits per heavy atom. The van der Waals surface area contributed by atoms with Gasteiger partial charge in [0.2, 0.25) is 0 Å². The number of rotatable bonds is 0. The lowest BCUT2D eigenvalue weighted by atomic mass is 10.1. The lowest BCUT2D eigenvalue weighted by molar-refractivity contribution is 1.43. The third kappa shape index (κ3) is 3.13. The van der Waals surface area contributed by atoms with Gasteiger partial charge in [-0.15, -0.1) is 0 Å². The summed E-state index contributed by atoms with van der Waals surface area (Å²) >= 11 is 0. The lowest BCUT2D eigenvalue weighted by Crippen LogP contribution is -1.73. The third-order valence-corrected chi connectivity index (χ3v) is 2.02. The molecular formula is C14H20N2. The zero-order chi connectivity index (χ0) is 12.6. The molecule has 1 aromatic heterocycles. The Bertz CT molecular complexity index is 461. The van der Waals surface area contributed by atoms with Crippen LogP contribution in [0.15, 0.2) is 24.4 Å². The third-order valence-electron chi connectivity index (χ3n) is 2.02. The Kier molecular flexibility index (Phi) is 6.71. The van der Waals surface area contributed by atoms with Gasteiger partial charge >= 0.3 is 0 Å². The molecule has 0 amide bonds. The minimum atomic E-state index is 0.713. The van der Waals surface area contributed by atoms with E-state index in [1.807, 2.05) is 59.0 Å². The SMILES string of the molecule is CC.CC.Cc1c[nH]c2ccc(C#N)cc12. The second-order valence-electron chi connectivity index (χ2n) is 2.84. The van der Waals surface area contributed by atoms with Crippen molar-refractivity contribution in [1.82, 2.24) is 4.98 Å². The summed E-state index contributed by atoms with van der Waals surface area (Å²) in [5, 5.41) is 9.80. The van der Waals surface area contributed by atoms with Crippen LogP contribution < -0.4 is 0 Å². The van der Waals surface area contributed by atoms with Crippen molar-refractivity contribution < 1.29 is 0 Å². The number of fused-ring (bicyclic) bond motifs is 1. The van der Waals surface area contributed by atoms with Crippen LogP contribution in [0.3, 0.4) is 0 Å². The largest absolute Gasteiger partial charge is 0.361 e. The molecule has 0 radical (unpaired) electrons. The van der Waals surface area contributed by atoms with Crippen LogP contribution in [-0.4, -0.2) is 4.98 Å². The van der Waals surface area contributed by atoms with Crippen molar-refractivity contribution in [2.75, 3.05) is 0 Å². The molecule has 0 aliphatic heterocycles. The summed E-state index contributed by atoms with van der Waals surface area (Å²) in [6, 6.07) is 7.78. The molecule has 2 aromatic rings. The average molecular weight is 216 g/mol. The fourth-order valence-electron chi connectivity index (χ4n) is 1.33. The summed E-state index contributed by atoms with van der Waals surface area (Å²) < 4.78 is 0. The Hall–Kier alpha value is -1.75. The molecule has 1 heterocycles. The van der Waals surface area contributed by atoms with Crippen LogP contribution in [0.25, 0.3) is 10.9 Å². The smallest absolute Gasteiger partial charge is 0.0991 e. The fraction of sp³-hybridized carbons (Fsp3) is 0.357. The molecule has 0 spiro atoms. The van der Waals surface area contributed by atoms with Gasteiger partial charge in [0.1, 0.15) is 0 Å². The number of benzene rings is 1. The number of aromatic nitrogens is 1. The molecule has 0 fully saturated rings. The normalized spacial score (nSPS) is 8.25. The molecule has 0 saturated heterocycles. The Morgan fingerprint density at radius 3 is 2.31 bits per heavy atom. The molecule has 0 aliphatic rings. The minimum absolute atomic E-state index is 0.713. The zero-order valence-corrected chi connectivity index (χ0v) is 10.8. The number of hydrogen-bond acceptors (Lipinski definition) is 1. The van der Waals surface area contributed by atoms with Gasteiger partial charge in [-0.05, 0) is 30.7 Å². The van der Waals surface area contributed by atoms with Gasteiger partial charge in [0, 0.05) is 17.1 Å². The molecule has 0 unspecified atom stereocenters. The molecule has 2 heteroatoms. The van der Waals surface area contributed by atoms with Crippen molar-refractivity contribution in [1.29, 1.82) is 5.26 Å². The van der Waals surface area contributed by atoms with Gasteiger partial charge in [-0.3, -0.25) is 0 Å². The van der Waals surface area contributed by atoms with Gasteiger partial charge in [0.15, 0.2) is 0 Å². The summed E-state index contributed by atoms with van der Waals surface area (Å²) in [6.45, 7) is 10.0. The van der Waals surface area contributed by atoms with Crippen molar-refractivity contribution in [3.63, 3.8) is 0 Å². The maximum Gasteiger partial charge on any atom is 0.0991 e. The highest BCUT2D eigenvalue weighted by Crippen LogP contribution is 2.18. The van der Waals surface area contributed by atoms with E-state index >= 15 is 0 Å². The maximum atomic E-state index is 8.67. The van der Waals surface area contributed by atoms with E-state index in [4.69, 9.17) is 5.26 Å². The number of nitrogens with zero attached hydrogens (tertiary/aromatic N) is 1. The first-order chi connectivity index (χ1) is 7.81. The topological polar surface area (TPSA) is 39.6 Å². The summed E-state index contributed by atoms with van der Waals surface area (Å²) in [5.74, 6) is 0. The van der Waals surface area contributed by atoms with Gasteiger partial charge in [-0.25, -0.2) is 0 Å². The van der Waals surface area contributed by atoms with E-state index in [2.05, 4.69) is 11.1 Å². The van der Waals surface area contributed by atoms with E-state index in [1.165, 1.54) is 5.56 Å². The van der Waals surface area contributed by atoms with E-state index in [0.717, 1.165) is 10.9 Å². The number of aromatic amines is 1. The standard InChI is InChI=1S/C10H8N2.2C2H6/c1-7-6-12-10-3-2-8(5-11)4-9(7)10;2*1-2/h2-4,6,12H,1H3;2*1-2H3. The quantitative estimate of drug-likeness (QED) is 0.696. The van der Waals surface area contributed by atoms with Crippen LogP contribution in [0.2, 0.25) is 0 Å². The second kappa shape index (κ2) is 7.53. The molecule has 0 saturated carbocycles. The van der Waals surface area contributed by atoms with Crippen molar-refractivity contribution >= 4 is 10.9 Å². The van der Waals surface area contributed by atoms with Crippen LogP contribution in [0, 0.1) is 18.3 Å². The molecule has 2 nitrogen and oxygen atoms in total. The molecule has 0 atom stereocenters. The second-order valence-corrected chi connectivity index (χ2v) is 2.84. The van der Waals surface area contributed by atoms with Crippen molar-refractivity contribution in [2.45, 2.75) is 34.6 Å². The first kappa shape index (κ1) is 14.2. The van der Waals surface area contributed by atoms with Gasteiger partial charge < -0.3 is 4.98 Å². The van der Waals surface area contributed by atoms with Gasteiger partial charge in [0.05, 0.1) is 11.6 Å². The molecule has 16 heavy (non-hydrogen) atoms. The van der Waals surface area contributed by atoms with Crippen LogP contribution in [0.1, 0.15) is 38.8 Å². The lowest BCUT2D eigenvalue weighted by Gasteiger charge is -1.91. The fourth-order valence-corrected chi connectivity index (χ4v) is 1.33. The van der Waals surface area contributed by atoms with Crippen LogP contribution in [-0.2, 0) is 0 Å². The van der Waals surface area contributed by atoms with E-state index in [0.29, 0.717) is 5.56 Å².